The first-order valence-electron chi connectivity index (χ1n) is 10.9. The number of hydrogen-bond acceptors (Lipinski definition) is 6. The van der Waals surface area contributed by atoms with Gasteiger partial charge in [0.2, 0.25) is 0 Å². The fourth-order valence-electron chi connectivity index (χ4n) is 4.36. The van der Waals surface area contributed by atoms with Gasteiger partial charge < -0.3 is 25.4 Å². The highest BCUT2D eigenvalue weighted by Gasteiger charge is 2.40. The Balaban J connectivity index is 1.67. The lowest BCUT2D eigenvalue weighted by molar-refractivity contribution is -0.140. The second-order valence-electron chi connectivity index (χ2n) is 8.21. The van der Waals surface area contributed by atoms with Crippen LogP contribution in [-0.2, 0) is 9.53 Å². The summed E-state index contributed by atoms with van der Waals surface area (Å²) in [4.78, 5) is 11.1. The molecule has 1 aromatic carbocycles. The molecule has 5 atom stereocenters. The van der Waals surface area contributed by atoms with Crippen molar-refractivity contribution in [2.45, 2.75) is 76.1 Å². The SMILES string of the molecule is COC(=O)CCCCCCC1C(O)CC(O)[C@@H]1CCC(O)CNc1ccccc1. The van der Waals surface area contributed by atoms with Crippen LogP contribution in [0.1, 0.15) is 57.8 Å². The molecule has 1 aliphatic carbocycles. The molecule has 1 fully saturated rings. The predicted molar refractivity (Wildman–Crippen MR) is 114 cm³/mol. The van der Waals surface area contributed by atoms with Crippen molar-refractivity contribution in [3.05, 3.63) is 30.3 Å². The van der Waals surface area contributed by atoms with Crippen LogP contribution in [0.25, 0.3) is 0 Å². The van der Waals surface area contributed by atoms with Gasteiger partial charge in [-0.2, -0.15) is 0 Å². The maximum atomic E-state index is 11.1. The van der Waals surface area contributed by atoms with Crippen molar-refractivity contribution in [2.75, 3.05) is 19.0 Å². The Morgan fingerprint density at radius 3 is 2.41 bits per heavy atom. The van der Waals surface area contributed by atoms with Crippen molar-refractivity contribution >= 4 is 11.7 Å². The van der Waals surface area contributed by atoms with Gasteiger partial charge in [0.25, 0.3) is 0 Å². The topological polar surface area (TPSA) is 99.0 Å². The average Bonchev–Trinajstić information content (AvgIpc) is 3.00. The van der Waals surface area contributed by atoms with Crippen molar-refractivity contribution in [1.82, 2.24) is 0 Å². The highest BCUT2D eigenvalue weighted by molar-refractivity contribution is 5.68. The van der Waals surface area contributed by atoms with Crippen molar-refractivity contribution in [2.24, 2.45) is 11.8 Å². The normalized spacial score (nSPS) is 25.0. The maximum absolute atomic E-state index is 11.1. The third kappa shape index (κ3) is 8.33. The summed E-state index contributed by atoms with van der Waals surface area (Å²) in [5.41, 5.74) is 0.980. The molecule has 0 saturated heterocycles. The van der Waals surface area contributed by atoms with Crippen molar-refractivity contribution in [1.29, 1.82) is 0 Å². The number of aliphatic hydroxyl groups excluding tert-OH is 3. The number of ether oxygens (including phenoxy) is 1. The number of unbranched alkanes of at least 4 members (excludes halogenated alkanes) is 3. The highest BCUT2D eigenvalue weighted by atomic mass is 16.5. The minimum atomic E-state index is -0.497. The molecular formula is C23H37NO5. The zero-order chi connectivity index (χ0) is 21.1. The molecule has 0 aromatic heterocycles. The van der Waals surface area contributed by atoms with E-state index in [0.717, 1.165) is 37.8 Å². The average molecular weight is 408 g/mol. The number of rotatable bonds is 13. The third-order valence-electron chi connectivity index (χ3n) is 6.07. The van der Waals surface area contributed by atoms with Gasteiger partial charge in [0.15, 0.2) is 0 Å². The summed E-state index contributed by atoms with van der Waals surface area (Å²) in [7, 11) is 1.41. The molecule has 164 valence electrons. The molecule has 4 N–H and O–H groups in total. The minimum absolute atomic E-state index is 0.0337. The number of methoxy groups -OCH3 is 1. The molecule has 6 nitrogen and oxygen atoms in total. The molecule has 29 heavy (non-hydrogen) atoms. The van der Waals surface area contributed by atoms with Crippen LogP contribution in [0.2, 0.25) is 0 Å². The van der Waals surface area contributed by atoms with Gasteiger partial charge in [-0.1, -0.05) is 37.5 Å². The number of carbonyl (C=O) groups excluding carboxylic acids is 1. The van der Waals surface area contributed by atoms with Crippen LogP contribution >= 0.6 is 0 Å². The summed E-state index contributed by atoms with van der Waals surface area (Å²) in [6, 6.07) is 9.78. The standard InChI is InChI=1S/C23H37NO5/c1-29-23(28)12-8-3-2-7-11-19-20(22(27)15-21(19)26)14-13-18(25)16-24-17-9-5-4-6-10-17/h4-6,9-10,18-22,24-27H,2-3,7-8,11-16H2,1H3/t18?,19?,20-,21?,22?/m1/s1. The fraction of sp³-hybridized carbons (Fsp3) is 0.696. The first-order valence-corrected chi connectivity index (χ1v) is 10.9. The van der Waals surface area contributed by atoms with Gasteiger partial charge >= 0.3 is 5.97 Å². The third-order valence-corrected chi connectivity index (χ3v) is 6.07. The zero-order valence-corrected chi connectivity index (χ0v) is 17.5. The van der Waals surface area contributed by atoms with Crippen LogP contribution in [0.4, 0.5) is 5.69 Å². The Labute approximate surface area is 174 Å². The molecular weight excluding hydrogens is 370 g/mol. The minimum Gasteiger partial charge on any atom is -0.469 e. The Hall–Kier alpha value is -1.63. The molecule has 6 heteroatoms. The molecule has 0 bridgehead atoms. The summed E-state index contributed by atoms with van der Waals surface area (Å²) in [6.07, 6.45) is 5.40. The molecule has 2 rings (SSSR count). The van der Waals surface area contributed by atoms with Gasteiger partial charge in [-0.05, 0) is 56.1 Å². The molecule has 0 heterocycles. The smallest absolute Gasteiger partial charge is 0.305 e. The van der Waals surface area contributed by atoms with Crippen molar-refractivity contribution in [3.63, 3.8) is 0 Å². The van der Waals surface area contributed by atoms with Gasteiger partial charge in [-0.3, -0.25) is 4.79 Å². The number of esters is 1. The van der Waals surface area contributed by atoms with E-state index >= 15 is 0 Å². The van der Waals surface area contributed by atoms with Crippen molar-refractivity contribution < 1.29 is 24.9 Å². The second-order valence-corrected chi connectivity index (χ2v) is 8.21. The fourth-order valence-corrected chi connectivity index (χ4v) is 4.36. The van der Waals surface area contributed by atoms with Gasteiger partial charge in [0.05, 0.1) is 25.4 Å². The van der Waals surface area contributed by atoms with Crippen LogP contribution in [0, 0.1) is 11.8 Å². The van der Waals surface area contributed by atoms with Crippen molar-refractivity contribution in [3.8, 4) is 0 Å². The molecule has 1 saturated carbocycles. The largest absolute Gasteiger partial charge is 0.469 e. The van der Waals surface area contributed by atoms with Gasteiger partial charge in [0.1, 0.15) is 0 Å². The number of aliphatic hydroxyl groups is 3. The number of carbonyl (C=O) groups is 1. The van der Waals surface area contributed by atoms with E-state index in [2.05, 4.69) is 10.1 Å². The van der Waals surface area contributed by atoms with E-state index in [1.165, 1.54) is 7.11 Å². The quantitative estimate of drug-likeness (QED) is 0.296. The molecule has 0 aliphatic heterocycles. The predicted octanol–water partition coefficient (Wildman–Crippen LogP) is 3.11. The number of hydrogen-bond donors (Lipinski definition) is 4. The summed E-state index contributed by atoms with van der Waals surface area (Å²) in [6.45, 7) is 0.472. The Morgan fingerprint density at radius 1 is 1.07 bits per heavy atom. The van der Waals surface area contributed by atoms with Gasteiger partial charge in [0, 0.05) is 18.7 Å². The monoisotopic (exact) mass is 407 g/mol. The lowest BCUT2D eigenvalue weighted by Crippen LogP contribution is -2.26. The van der Waals surface area contributed by atoms with Gasteiger partial charge in [-0.25, -0.2) is 0 Å². The second kappa shape index (κ2) is 12.8. The number of anilines is 1. The number of para-hydroxylation sites is 1. The summed E-state index contributed by atoms with van der Waals surface area (Å²) >= 11 is 0. The van der Waals surface area contributed by atoms with Crippen LogP contribution in [-0.4, -0.2) is 53.3 Å². The van der Waals surface area contributed by atoms with Crippen LogP contribution < -0.4 is 5.32 Å². The number of benzene rings is 1. The molecule has 4 unspecified atom stereocenters. The lowest BCUT2D eigenvalue weighted by atomic mass is 9.85. The van der Waals surface area contributed by atoms with E-state index in [0.29, 0.717) is 32.2 Å². The molecule has 0 spiro atoms. The molecule has 0 radical (unpaired) electrons. The Morgan fingerprint density at radius 2 is 1.72 bits per heavy atom. The van der Waals surface area contributed by atoms with E-state index in [-0.39, 0.29) is 17.8 Å². The van der Waals surface area contributed by atoms with E-state index < -0.39 is 18.3 Å². The first-order chi connectivity index (χ1) is 14.0. The first kappa shape index (κ1) is 23.6. The molecule has 1 aromatic rings. The Bertz CT molecular complexity index is 582. The number of nitrogens with one attached hydrogen (secondary N) is 1. The summed E-state index contributed by atoms with van der Waals surface area (Å²) in [5, 5.41) is 34.3. The van der Waals surface area contributed by atoms with E-state index in [1.807, 2.05) is 30.3 Å². The van der Waals surface area contributed by atoms with Crippen LogP contribution in [0.5, 0.6) is 0 Å². The van der Waals surface area contributed by atoms with Crippen LogP contribution in [0.15, 0.2) is 30.3 Å². The lowest BCUT2D eigenvalue weighted by Gasteiger charge is -2.25. The Kier molecular flexibility index (Phi) is 10.5. The summed E-state index contributed by atoms with van der Waals surface area (Å²) < 4.78 is 4.64. The van der Waals surface area contributed by atoms with Crippen LogP contribution in [0.3, 0.4) is 0 Å². The van der Waals surface area contributed by atoms with E-state index in [1.54, 1.807) is 0 Å². The maximum Gasteiger partial charge on any atom is 0.305 e. The highest BCUT2D eigenvalue weighted by Crippen LogP contribution is 2.39. The molecule has 1 aliphatic rings. The van der Waals surface area contributed by atoms with E-state index in [9.17, 15) is 20.1 Å². The van der Waals surface area contributed by atoms with E-state index in [4.69, 9.17) is 0 Å². The van der Waals surface area contributed by atoms with Gasteiger partial charge in [-0.15, -0.1) is 0 Å². The summed E-state index contributed by atoms with van der Waals surface area (Å²) in [5.74, 6) is -0.0500. The zero-order valence-electron chi connectivity index (χ0n) is 17.5. The molecule has 0 amide bonds.